The third kappa shape index (κ3) is 3.60. The molecule has 0 aliphatic carbocycles. The molecule has 0 aromatic heterocycles. The first kappa shape index (κ1) is 17.2. The summed E-state index contributed by atoms with van der Waals surface area (Å²) < 4.78 is 11.5. The first-order chi connectivity index (χ1) is 10.5. The van der Waals surface area contributed by atoms with Crippen molar-refractivity contribution in [3.8, 4) is 11.1 Å². The van der Waals surface area contributed by atoms with Gasteiger partial charge < -0.3 is 9.47 Å². The number of carbonyl (C=O) groups is 2. The molecule has 6 heteroatoms. The summed E-state index contributed by atoms with van der Waals surface area (Å²) in [6.45, 7) is 0. The standard InChI is InChI=1S/C16H12I2O4/c1-21-15(19)13-7-9(17)3-5-11(13)12-6-4-10(18)8-14(12)16(20)22-2/h3-8H,1-2H3. The molecule has 0 amide bonds. The van der Waals surface area contributed by atoms with E-state index in [1.165, 1.54) is 14.2 Å². The van der Waals surface area contributed by atoms with Crippen LogP contribution in [0.15, 0.2) is 36.4 Å². The maximum Gasteiger partial charge on any atom is 0.338 e. The van der Waals surface area contributed by atoms with E-state index < -0.39 is 11.9 Å². The third-order valence-corrected chi connectivity index (χ3v) is 4.41. The van der Waals surface area contributed by atoms with Crippen LogP contribution in [0.25, 0.3) is 11.1 Å². The molecular formula is C16H12I2O4. The lowest BCUT2D eigenvalue weighted by atomic mass is 9.95. The van der Waals surface area contributed by atoms with E-state index in [9.17, 15) is 9.59 Å². The lowest BCUT2D eigenvalue weighted by molar-refractivity contribution is 0.0590. The Hall–Kier alpha value is -1.16. The van der Waals surface area contributed by atoms with Crippen molar-refractivity contribution in [3.05, 3.63) is 54.7 Å². The van der Waals surface area contributed by atoms with Gasteiger partial charge in [0.05, 0.1) is 25.3 Å². The predicted octanol–water partition coefficient (Wildman–Crippen LogP) is 4.14. The van der Waals surface area contributed by atoms with Gasteiger partial charge in [0.1, 0.15) is 0 Å². The minimum atomic E-state index is -0.442. The molecule has 0 N–H and O–H groups in total. The summed E-state index contributed by atoms with van der Waals surface area (Å²) in [6, 6.07) is 10.8. The summed E-state index contributed by atoms with van der Waals surface area (Å²) in [6.07, 6.45) is 0. The number of rotatable bonds is 3. The Morgan fingerprint density at radius 1 is 0.773 bits per heavy atom. The van der Waals surface area contributed by atoms with Crippen molar-refractivity contribution in [2.45, 2.75) is 0 Å². The second-order valence-electron chi connectivity index (χ2n) is 4.36. The van der Waals surface area contributed by atoms with Crippen LogP contribution in [-0.4, -0.2) is 26.2 Å². The Morgan fingerprint density at radius 2 is 1.14 bits per heavy atom. The number of esters is 2. The molecule has 2 aromatic rings. The highest BCUT2D eigenvalue weighted by molar-refractivity contribution is 14.1. The fourth-order valence-corrected chi connectivity index (χ4v) is 3.04. The summed E-state index contributed by atoms with van der Waals surface area (Å²) in [7, 11) is 2.67. The molecule has 0 heterocycles. The fourth-order valence-electron chi connectivity index (χ4n) is 2.06. The van der Waals surface area contributed by atoms with Crippen molar-refractivity contribution < 1.29 is 19.1 Å². The average molecular weight is 522 g/mol. The van der Waals surface area contributed by atoms with Crippen LogP contribution in [0.4, 0.5) is 0 Å². The second-order valence-corrected chi connectivity index (χ2v) is 6.85. The van der Waals surface area contributed by atoms with Crippen molar-refractivity contribution >= 4 is 57.1 Å². The molecule has 0 saturated carbocycles. The van der Waals surface area contributed by atoms with E-state index >= 15 is 0 Å². The maximum absolute atomic E-state index is 12.0. The minimum absolute atomic E-state index is 0.417. The minimum Gasteiger partial charge on any atom is -0.465 e. The van der Waals surface area contributed by atoms with Crippen LogP contribution in [0.2, 0.25) is 0 Å². The molecule has 0 atom stereocenters. The number of methoxy groups -OCH3 is 2. The van der Waals surface area contributed by atoms with Crippen LogP contribution in [0.3, 0.4) is 0 Å². The SMILES string of the molecule is COC(=O)c1cc(I)ccc1-c1ccc(I)cc1C(=O)OC. The van der Waals surface area contributed by atoms with Gasteiger partial charge in [0.2, 0.25) is 0 Å². The maximum atomic E-state index is 12.0. The lowest BCUT2D eigenvalue weighted by Crippen LogP contribution is -2.08. The van der Waals surface area contributed by atoms with Crippen LogP contribution in [0.1, 0.15) is 20.7 Å². The molecule has 114 valence electrons. The highest BCUT2D eigenvalue weighted by Crippen LogP contribution is 2.30. The zero-order valence-electron chi connectivity index (χ0n) is 11.9. The molecule has 0 radical (unpaired) electrons. The fraction of sp³-hybridized carbons (Fsp3) is 0.125. The van der Waals surface area contributed by atoms with Gasteiger partial charge in [-0.3, -0.25) is 0 Å². The van der Waals surface area contributed by atoms with Gasteiger partial charge >= 0.3 is 11.9 Å². The Balaban J connectivity index is 2.72. The molecule has 0 fully saturated rings. The van der Waals surface area contributed by atoms with E-state index in [-0.39, 0.29) is 0 Å². The van der Waals surface area contributed by atoms with E-state index in [4.69, 9.17) is 9.47 Å². The average Bonchev–Trinajstić information content (AvgIpc) is 2.53. The summed E-state index contributed by atoms with van der Waals surface area (Å²) in [5, 5.41) is 0. The molecule has 0 bridgehead atoms. The van der Waals surface area contributed by atoms with E-state index in [0.717, 1.165) is 7.14 Å². The predicted molar refractivity (Wildman–Crippen MR) is 100.0 cm³/mol. The first-order valence-electron chi connectivity index (χ1n) is 6.24. The van der Waals surface area contributed by atoms with E-state index in [1.54, 1.807) is 12.1 Å². The number of ether oxygens (including phenoxy) is 2. The molecule has 0 aliphatic rings. The van der Waals surface area contributed by atoms with Crippen molar-refractivity contribution in [1.82, 2.24) is 0 Å². The van der Waals surface area contributed by atoms with Crippen molar-refractivity contribution in [3.63, 3.8) is 0 Å². The Kier molecular flexibility index (Phi) is 5.79. The zero-order valence-corrected chi connectivity index (χ0v) is 16.2. The largest absolute Gasteiger partial charge is 0.465 e. The summed E-state index contributed by atoms with van der Waals surface area (Å²) >= 11 is 4.25. The zero-order chi connectivity index (χ0) is 16.3. The Morgan fingerprint density at radius 3 is 1.45 bits per heavy atom. The molecule has 4 nitrogen and oxygen atoms in total. The highest BCUT2D eigenvalue weighted by atomic mass is 127. The topological polar surface area (TPSA) is 52.6 Å². The lowest BCUT2D eigenvalue weighted by Gasteiger charge is -2.13. The van der Waals surface area contributed by atoms with Crippen LogP contribution in [0.5, 0.6) is 0 Å². The van der Waals surface area contributed by atoms with Gasteiger partial charge in [-0.25, -0.2) is 9.59 Å². The number of halogens is 2. The van der Waals surface area contributed by atoms with Crippen LogP contribution in [-0.2, 0) is 9.47 Å². The van der Waals surface area contributed by atoms with Gasteiger partial charge in [-0.15, -0.1) is 0 Å². The monoisotopic (exact) mass is 522 g/mol. The molecule has 0 spiro atoms. The second kappa shape index (κ2) is 7.40. The number of carbonyl (C=O) groups excluding carboxylic acids is 2. The van der Waals surface area contributed by atoms with Crippen LogP contribution >= 0.6 is 45.2 Å². The summed E-state index contributed by atoms with van der Waals surface area (Å²) in [5.41, 5.74) is 2.12. The van der Waals surface area contributed by atoms with Crippen molar-refractivity contribution in [1.29, 1.82) is 0 Å². The molecule has 0 saturated heterocycles. The van der Waals surface area contributed by atoms with Crippen molar-refractivity contribution in [2.24, 2.45) is 0 Å². The van der Waals surface area contributed by atoms with Crippen LogP contribution in [0, 0.1) is 7.14 Å². The van der Waals surface area contributed by atoms with E-state index in [1.807, 2.05) is 24.3 Å². The Bertz CT molecular complexity index is 677. The van der Waals surface area contributed by atoms with Gasteiger partial charge in [-0.05, 0) is 80.6 Å². The quantitative estimate of drug-likeness (QED) is 0.450. The summed E-state index contributed by atoms with van der Waals surface area (Å²) in [4.78, 5) is 24.1. The van der Waals surface area contributed by atoms with Gasteiger partial charge in [0.15, 0.2) is 0 Å². The molecule has 0 unspecified atom stereocenters. The highest BCUT2D eigenvalue weighted by Gasteiger charge is 2.20. The van der Waals surface area contributed by atoms with Gasteiger partial charge in [-0.2, -0.15) is 0 Å². The van der Waals surface area contributed by atoms with Gasteiger partial charge in [-0.1, -0.05) is 12.1 Å². The Labute approximate surface area is 155 Å². The van der Waals surface area contributed by atoms with Gasteiger partial charge in [0, 0.05) is 7.14 Å². The van der Waals surface area contributed by atoms with E-state index in [2.05, 4.69) is 45.2 Å². The van der Waals surface area contributed by atoms with Crippen molar-refractivity contribution in [2.75, 3.05) is 14.2 Å². The first-order valence-corrected chi connectivity index (χ1v) is 8.39. The number of hydrogen-bond acceptors (Lipinski definition) is 4. The third-order valence-electron chi connectivity index (χ3n) is 3.06. The normalized spacial score (nSPS) is 10.2. The van der Waals surface area contributed by atoms with Gasteiger partial charge in [0.25, 0.3) is 0 Å². The molecule has 0 aliphatic heterocycles. The molecule has 22 heavy (non-hydrogen) atoms. The smallest absolute Gasteiger partial charge is 0.338 e. The summed E-state index contributed by atoms with van der Waals surface area (Å²) in [5.74, 6) is -0.884. The number of hydrogen-bond donors (Lipinski definition) is 0. The molecular weight excluding hydrogens is 510 g/mol. The molecule has 2 aromatic carbocycles. The number of benzene rings is 2. The van der Waals surface area contributed by atoms with E-state index in [0.29, 0.717) is 22.3 Å². The van der Waals surface area contributed by atoms with Crippen LogP contribution < -0.4 is 0 Å². The molecule has 2 rings (SSSR count).